The minimum Gasteiger partial charge on any atom is -0.192 e. The summed E-state index contributed by atoms with van der Waals surface area (Å²) in [5, 5.41) is 8.94. The van der Waals surface area contributed by atoms with E-state index in [4.69, 9.17) is 5.26 Å². The molecule has 14 heavy (non-hydrogen) atoms. The largest absolute Gasteiger partial charge is 0.192 e. The van der Waals surface area contributed by atoms with Gasteiger partial charge in [-0.2, -0.15) is 5.26 Å². The van der Waals surface area contributed by atoms with Crippen LogP contribution in [0.3, 0.4) is 0 Å². The molecule has 1 aromatic carbocycles. The normalized spacial score (nSPS) is 10.2. The summed E-state index contributed by atoms with van der Waals surface area (Å²) >= 11 is 1.77. The van der Waals surface area contributed by atoms with E-state index in [0.29, 0.717) is 5.92 Å². The summed E-state index contributed by atoms with van der Waals surface area (Å²) in [5.74, 6) is 1.73. The fourth-order valence-electron chi connectivity index (χ4n) is 1.11. The highest BCUT2D eigenvalue weighted by atomic mass is 32.2. The fourth-order valence-corrected chi connectivity index (χ4v) is 2.05. The first kappa shape index (κ1) is 11.1. The SMILES string of the molecule is Cc1ccc(SCC(C)C)c(C#N)c1. The average Bonchev–Trinajstić information content (AvgIpc) is 2.15. The molecule has 2 heteroatoms. The summed E-state index contributed by atoms with van der Waals surface area (Å²) in [4.78, 5) is 1.10. The summed E-state index contributed by atoms with van der Waals surface area (Å²) in [6, 6.07) is 8.29. The minimum absolute atomic E-state index is 0.660. The van der Waals surface area contributed by atoms with Crippen molar-refractivity contribution in [1.29, 1.82) is 5.26 Å². The van der Waals surface area contributed by atoms with Crippen LogP contribution in [0, 0.1) is 24.2 Å². The van der Waals surface area contributed by atoms with E-state index in [2.05, 4.69) is 26.0 Å². The van der Waals surface area contributed by atoms with E-state index in [1.54, 1.807) is 11.8 Å². The van der Waals surface area contributed by atoms with Crippen LogP contribution in [0.4, 0.5) is 0 Å². The Kier molecular flexibility index (Phi) is 4.03. The van der Waals surface area contributed by atoms with Crippen LogP contribution in [0.25, 0.3) is 0 Å². The van der Waals surface area contributed by atoms with Gasteiger partial charge in [-0.1, -0.05) is 19.9 Å². The topological polar surface area (TPSA) is 23.8 Å². The van der Waals surface area contributed by atoms with E-state index in [0.717, 1.165) is 21.8 Å². The molecule has 1 aromatic rings. The molecule has 74 valence electrons. The van der Waals surface area contributed by atoms with Crippen molar-refractivity contribution in [1.82, 2.24) is 0 Å². The molecule has 0 fully saturated rings. The van der Waals surface area contributed by atoms with Gasteiger partial charge in [0.25, 0.3) is 0 Å². The molecule has 0 N–H and O–H groups in total. The molecule has 0 aromatic heterocycles. The highest BCUT2D eigenvalue weighted by Gasteiger charge is 2.03. The minimum atomic E-state index is 0.660. The van der Waals surface area contributed by atoms with Crippen molar-refractivity contribution in [3.8, 4) is 6.07 Å². The van der Waals surface area contributed by atoms with Crippen LogP contribution in [0.15, 0.2) is 23.1 Å². The summed E-state index contributed by atoms with van der Waals surface area (Å²) in [7, 11) is 0. The lowest BCUT2D eigenvalue weighted by Crippen LogP contribution is -1.92. The van der Waals surface area contributed by atoms with Crippen LogP contribution in [0.2, 0.25) is 0 Å². The molecule has 0 spiro atoms. The number of hydrogen-bond acceptors (Lipinski definition) is 2. The molecular weight excluding hydrogens is 190 g/mol. The predicted octanol–water partition coefficient (Wildman–Crippen LogP) is 3.61. The third kappa shape index (κ3) is 3.08. The molecule has 0 atom stereocenters. The number of thioether (sulfide) groups is 1. The molecule has 0 amide bonds. The highest BCUT2D eigenvalue weighted by molar-refractivity contribution is 7.99. The van der Waals surface area contributed by atoms with Gasteiger partial charge in [0.05, 0.1) is 5.56 Å². The lowest BCUT2D eigenvalue weighted by molar-refractivity contribution is 0.750. The second-order valence-corrected chi connectivity index (χ2v) is 4.88. The van der Waals surface area contributed by atoms with Crippen molar-refractivity contribution < 1.29 is 0 Å². The Hall–Kier alpha value is -0.940. The van der Waals surface area contributed by atoms with Gasteiger partial charge in [-0.3, -0.25) is 0 Å². The van der Waals surface area contributed by atoms with Gasteiger partial charge in [0.15, 0.2) is 0 Å². The maximum absolute atomic E-state index is 8.94. The van der Waals surface area contributed by atoms with Crippen molar-refractivity contribution in [3.05, 3.63) is 29.3 Å². The monoisotopic (exact) mass is 205 g/mol. The van der Waals surface area contributed by atoms with E-state index in [9.17, 15) is 0 Å². The van der Waals surface area contributed by atoms with Crippen molar-refractivity contribution >= 4 is 11.8 Å². The molecule has 0 heterocycles. The lowest BCUT2D eigenvalue weighted by atomic mass is 10.2. The standard InChI is InChI=1S/C12H15NS/c1-9(2)8-14-12-5-4-10(3)6-11(12)7-13/h4-6,9H,8H2,1-3H3. The number of nitriles is 1. The Bertz CT molecular complexity index is 350. The Morgan fingerprint density at radius 3 is 2.71 bits per heavy atom. The van der Waals surface area contributed by atoms with Crippen LogP contribution in [-0.2, 0) is 0 Å². The molecular formula is C12H15NS. The molecule has 0 unspecified atom stereocenters. The molecule has 1 rings (SSSR count). The average molecular weight is 205 g/mol. The van der Waals surface area contributed by atoms with Crippen molar-refractivity contribution in [2.45, 2.75) is 25.7 Å². The maximum Gasteiger partial charge on any atom is 0.100 e. The summed E-state index contributed by atoms with van der Waals surface area (Å²) in [5.41, 5.74) is 1.95. The quantitative estimate of drug-likeness (QED) is 0.704. The van der Waals surface area contributed by atoms with E-state index in [1.807, 2.05) is 19.1 Å². The van der Waals surface area contributed by atoms with Crippen LogP contribution < -0.4 is 0 Å². The molecule has 0 saturated heterocycles. The number of rotatable bonds is 3. The molecule has 0 aliphatic heterocycles. The van der Waals surface area contributed by atoms with Crippen molar-refractivity contribution in [2.75, 3.05) is 5.75 Å². The predicted molar refractivity (Wildman–Crippen MR) is 61.5 cm³/mol. The zero-order valence-corrected chi connectivity index (χ0v) is 9.69. The van der Waals surface area contributed by atoms with Crippen LogP contribution in [0.1, 0.15) is 25.0 Å². The fraction of sp³-hybridized carbons (Fsp3) is 0.417. The first-order valence-electron chi connectivity index (χ1n) is 4.77. The van der Waals surface area contributed by atoms with Gasteiger partial charge >= 0.3 is 0 Å². The second kappa shape index (κ2) is 5.07. The van der Waals surface area contributed by atoms with Crippen LogP contribution in [0.5, 0.6) is 0 Å². The summed E-state index contributed by atoms with van der Waals surface area (Å²) < 4.78 is 0. The number of aryl methyl sites for hydroxylation is 1. The van der Waals surface area contributed by atoms with E-state index in [1.165, 1.54) is 0 Å². The Balaban J connectivity index is 2.82. The lowest BCUT2D eigenvalue weighted by Gasteiger charge is -2.06. The summed E-state index contributed by atoms with van der Waals surface area (Å²) in [6.45, 7) is 6.39. The Labute approximate surface area is 90.1 Å². The third-order valence-corrected chi connectivity index (χ3v) is 3.33. The number of nitrogens with zero attached hydrogens (tertiary/aromatic N) is 1. The van der Waals surface area contributed by atoms with Gasteiger partial charge < -0.3 is 0 Å². The van der Waals surface area contributed by atoms with Gasteiger partial charge in [-0.25, -0.2) is 0 Å². The molecule has 0 radical (unpaired) electrons. The molecule has 0 aliphatic carbocycles. The number of hydrogen-bond donors (Lipinski definition) is 0. The van der Waals surface area contributed by atoms with E-state index >= 15 is 0 Å². The summed E-state index contributed by atoms with van der Waals surface area (Å²) in [6.07, 6.45) is 0. The second-order valence-electron chi connectivity index (χ2n) is 3.82. The zero-order chi connectivity index (χ0) is 10.6. The van der Waals surface area contributed by atoms with Crippen LogP contribution >= 0.6 is 11.8 Å². The van der Waals surface area contributed by atoms with Crippen molar-refractivity contribution in [3.63, 3.8) is 0 Å². The van der Waals surface area contributed by atoms with E-state index in [-0.39, 0.29) is 0 Å². The van der Waals surface area contributed by atoms with Gasteiger partial charge in [-0.15, -0.1) is 11.8 Å². The number of benzene rings is 1. The molecule has 0 bridgehead atoms. The Morgan fingerprint density at radius 1 is 1.43 bits per heavy atom. The first-order valence-corrected chi connectivity index (χ1v) is 5.75. The van der Waals surface area contributed by atoms with Gasteiger partial charge in [-0.05, 0) is 30.5 Å². The maximum atomic E-state index is 8.94. The van der Waals surface area contributed by atoms with Gasteiger partial charge in [0.1, 0.15) is 6.07 Å². The van der Waals surface area contributed by atoms with Gasteiger partial charge in [0, 0.05) is 10.6 Å². The smallest absolute Gasteiger partial charge is 0.100 e. The van der Waals surface area contributed by atoms with Crippen molar-refractivity contribution in [2.24, 2.45) is 5.92 Å². The van der Waals surface area contributed by atoms with Crippen LogP contribution in [-0.4, -0.2) is 5.75 Å². The molecule has 0 aliphatic rings. The van der Waals surface area contributed by atoms with Gasteiger partial charge in [0.2, 0.25) is 0 Å². The Morgan fingerprint density at radius 2 is 2.14 bits per heavy atom. The molecule has 0 saturated carbocycles. The third-order valence-electron chi connectivity index (χ3n) is 1.83. The highest BCUT2D eigenvalue weighted by Crippen LogP contribution is 2.24. The first-order chi connectivity index (χ1) is 6.63. The zero-order valence-electron chi connectivity index (χ0n) is 8.87. The van der Waals surface area contributed by atoms with E-state index < -0.39 is 0 Å². The molecule has 1 nitrogen and oxygen atoms in total.